The Morgan fingerprint density at radius 2 is 1.18 bits per heavy atom. The van der Waals surface area contributed by atoms with E-state index < -0.39 is 5.54 Å². The van der Waals surface area contributed by atoms with Gasteiger partial charge >= 0.3 is 0 Å². The normalized spacial score (nSPS) is 18.8. The van der Waals surface area contributed by atoms with Crippen molar-refractivity contribution in [2.24, 2.45) is 0 Å². The zero-order valence-electron chi connectivity index (χ0n) is 15.5. The molecule has 1 aliphatic rings. The van der Waals surface area contributed by atoms with E-state index >= 15 is 0 Å². The summed E-state index contributed by atoms with van der Waals surface area (Å²) in [5, 5.41) is 10.2. The molecule has 0 amide bonds. The Bertz CT molecular complexity index is 961. The average molecular weight is 366 g/mol. The number of aliphatic hydroxyl groups is 1. The summed E-state index contributed by atoms with van der Waals surface area (Å²) in [5.41, 5.74) is 4.02. The van der Waals surface area contributed by atoms with Gasteiger partial charge < -0.3 is 9.67 Å². The number of nitrogens with zero attached hydrogens (tertiary/aromatic N) is 2. The Kier molecular flexibility index (Phi) is 4.10. The van der Waals surface area contributed by atoms with E-state index in [-0.39, 0.29) is 12.0 Å². The van der Waals surface area contributed by atoms with E-state index in [0.29, 0.717) is 0 Å². The average Bonchev–Trinajstić information content (AvgIpc) is 3.29. The zero-order chi connectivity index (χ0) is 19.0. The fourth-order valence-corrected chi connectivity index (χ4v) is 4.31. The van der Waals surface area contributed by atoms with Crippen molar-refractivity contribution in [3.05, 3.63) is 126 Å². The van der Waals surface area contributed by atoms with E-state index in [1.54, 1.807) is 0 Å². The maximum absolute atomic E-state index is 10.2. The third kappa shape index (κ3) is 2.59. The first-order valence-corrected chi connectivity index (χ1v) is 9.69. The number of rotatable bonds is 5. The predicted molar refractivity (Wildman–Crippen MR) is 110 cm³/mol. The molecule has 3 aromatic carbocycles. The first-order valence-electron chi connectivity index (χ1n) is 9.69. The lowest BCUT2D eigenvalue weighted by Crippen LogP contribution is -2.38. The van der Waals surface area contributed by atoms with E-state index in [1.807, 2.05) is 30.7 Å². The molecule has 0 radical (unpaired) electrons. The smallest absolute Gasteiger partial charge is 0.121 e. The molecule has 0 unspecified atom stereocenters. The summed E-state index contributed by atoms with van der Waals surface area (Å²) in [6.45, 7) is 0. The highest BCUT2D eigenvalue weighted by Gasteiger charge is 2.45. The van der Waals surface area contributed by atoms with Crippen molar-refractivity contribution in [2.45, 2.75) is 24.0 Å². The van der Waals surface area contributed by atoms with Gasteiger partial charge in [0.25, 0.3) is 0 Å². The highest BCUT2D eigenvalue weighted by Crippen LogP contribution is 2.47. The number of imidazole rings is 1. The lowest BCUT2D eigenvalue weighted by Gasteiger charge is -2.38. The fraction of sp³-hybridized carbons (Fsp3) is 0.160. The predicted octanol–water partition coefficient (Wildman–Crippen LogP) is 4.57. The van der Waals surface area contributed by atoms with E-state index in [9.17, 15) is 5.11 Å². The first-order chi connectivity index (χ1) is 13.8. The molecule has 1 heterocycles. The number of aromatic nitrogens is 2. The summed E-state index contributed by atoms with van der Waals surface area (Å²) < 4.78 is 2.26. The maximum atomic E-state index is 10.2. The third-order valence-electron chi connectivity index (χ3n) is 5.74. The maximum Gasteiger partial charge on any atom is 0.121 e. The van der Waals surface area contributed by atoms with Gasteiger partial charge in [0.15, 0.2) is 0 Å². The van der Waals surface area contributed by atoms with E-state index in [1.165, 1.54) is 16.7 Å². The SMILES string of the molecule is O[C@H]1C[C@@H]1c1cncn1C(c1ccccc1)(c1ccccc1)c1ccccc1. The van der Waals surface area contributed by atoms with Crippen molar-refractivity contribution in [3.8, 4) is 0 Å². The van der Waals surface area contributed by atoms with Gasteiger partial charge in [0, 0.05) is 17.8 Å². The Balaban J connectivity index is 1.88. The summed E-state index contributed by atoms with van der Waals surface area (Å²) in [6.07, 6.45) is 4.33. The van der Waals surface area contributed by atoms with Gasteiger partial charge in [-0.15, -0.1) is 0 Å². The van der Waals surface area contributed by atoms with E-state index in [0.717, 1.165) is 12.1 Å². The van der Waals surface area contributed by atoms with Gasteiger partial charge in [0.2, 0.25) is 0 Å². The van der Waals surface area contributed by atoms with Crippen molar-refractivity contribution in [1.82, 2.24) is 9.55 Å². The van der Waals surface area contributed by atoms with Crippen LogP contribution >= 0.6 is 0 Å². The number of benzene rings is 3. The van der Waals surface area contributed by atoms with E-state index in [4.69, 9.17) is 0 Å². The fourth-order valence-electron chi connectivity index (χ4n) is 4.31. The molecule has 1 aromatic heterocycles. The molecule has 3 heteroatoms. The Hall–Kier alpha value is -3.17. The molecule has 2 atom stereocenters. The molecule has 0 bridgehead atoms. The van der Waals surface area contributed by atoms with Crippen LogP contribution in [0.5, 0.6) is 0 Å². The highest BCUT2D eigenvalue weighted by atomic mass is 16.3. The van der Waals surface area contributed by atoms with Crippen LogP contribution < -0.4 is 0 Å². The standard InChI is InChI=1S/C25H22N2O/c28-24-16-22(24)23-17-26-18-27(23)25(19-10-4-1-5-11-19,20-12-6-2-7-13-20)21-14-8-3-9-15-21/h1-15,17-18,22,24,28H,16H2/t22-,24+/m1/s1. The molecular weight excluding hydrogens is 344 g/mol. The minimum atomic E-state index is -0.558. The van der Waals surface area contributed by atoms with Gasteiger partial charge in [-0.2, -0.15) is 0 Å². The zero-order valence-corrected chi connectivity index (χ0v) is 15.5. The number of aliphatic hydroxyl groups excluding tert-OH is 1. The molecule has 28 heavy (non-hydrogen) atoms. The molecule has 1 saturated carbocycles. The molecule has 0 aliphatic heterocycles. The van der Waals surface area contributed by atoms with E-state index in [2.05, 4.69) is 82.3 Å². The van der Waals surface area contributed by atoms with Gasteiger partial charge in [0.05, 0.1) is 12.4 Å². The van der Waals surface area contributed by atoms with Crippen LogP contribution in [0.3, 0.4) is 0 Å². The van der Waals surface area contributed by atoms with Crippen molar-refractivity contribution >= 4 is 0 Å². The molecule has 4 aromatic rings. The van der Waals surface area contributed by atoms with Crippen LogP contribution in [0.15, 0.2) is 104 Å². The molecule has 1 fully saturated rings. The van der Waals surface area contributed by atoms with Crippen LogP contribution in [0, 0.1) is 0 Å². The van der Waals surface area contributed by atoms with Crippen molar-refractivity contribution < 1.29 is 5.11 Å². The topological polar surface area (TPSA) is 38.1 Å². The summed E-state index contributed by atoms with van der Waals surface area (Å²) in [6, 6.07) is 31.7. The van der Waals surface area contributed by atoms with Gasteiger partial charge in [0.1, 0.15) is 5.54 Å². The Labute approximate surface area is 164 Å². The summed E-state index contributed by atoms with van der Waals surface area (Å²) in [5.74, 6) is 0.137. The van der Waals surface area contributed by atoms with Crippen LogP contribution in [0.25, 0.3) is 0 Å². The van der Waals surface area contributed by atoms with Gasteiger partial charge in [-0.3, -0.25) is 0 Å². The monoisotopic (exact) mass is 366 g/mol. The van der Waals surface area contributed by atoms with Crippen LogP contribution in [0.2, 0.25) is 0 Å². The molecule has 0 spiro atoms. The van der Waals surface area contributed by atoms with Crippen LogP contribution in [0.4, 0.5) is 0 Å². The quantitative estimate of drug-likeness (QED) is 0.525. The Morgan fingerprint density at radius 3 is 1.57 bits per heavy atom. The lowest BCUT2D eigenvalue weighted by atomic mass is 9.76. The molecular formula is C25H22N2O. The molecule has 5 rings (SSSR count). The number of hydrogen-bond donors (Lipinski definition) is 1. The highest BCUT2D eigenvalue weighted by molar-refractivity contribution is 5.51. The first kappa shape index (κ1) is 17.0. The minimum absolute atomic E-state index is 0.137. The second-order valence-corrected chi connectivity index (χ2v) is 7.41. The van der Waals surface area contributed by atoms with Crippen LogP contribution in [-0.2, 0) is 5.54 Å². The van der Waals surface area contributed by atoms with Gasteiger partial charge in [-0.1, -0.05) is 91.0 Å². The van der Waals surface area contributed by atoms with Crippen LogP contribution in [0.1, 0.15) is 34.7 Å². The largest absolute Gasteiger partial charge is 0.392 e. The van der Waals surface area contributed by atoms with Crippen LogP contribution in [-0.4, -0.2) is 20.8 Å². The molecule has 138 valence electrons. The van der Waals surface area contributed by atoms with Gasteiger partial charge in [-0.25, -0.2) is 4.98 Å². The van der Waals surface area contributed by atoms with Crippen molar-refractivity contribution in [3.63, 3.8) is 0 Å². The lowest BCUT2D eigenvalue weighted by molar-refractivity contribution is 0.269. The number of hydrogen-bond acceptors (Lipinski definition) is 2. The summed E-state index contributed by atoms with van der Waals surface area (Å²) in [4.78, 5) is 4.51. The second kappa shape index (κ2) is 6.77. The van der Waals surface area contributed by atoms with Gasteiger partial charge in [-0.05, 0) is 23.1 Å². The summed E-state index contributed by atoms with van der Waals surface area (Å²) >= 11 is 0. The molecule has 3 nitrogen and oxygen atoms in total. The van der Waals surface area contributed by atoms with Crippen molar-refractivity contribution in [1.29, 1.82) is 0 Å². The Morgan fingerprint density at radius 1 is 0.750 bits per heavy atom. The molecule has 1 N–H and O–H groups in total. The minimum Gasteiger partial charge on any atom is -0.392 e. The molecule has 1 aliphatic carbocycles. The summed E-state index contributed by atoms with van der Waals surface area (Å²) in [7, 11) is 0. The second-order valence-electron chi connectivity index (χ2n) is 7.41. The van der Waals surface area contributed by atoms with Crippen molar-refractivity contribution in [2.75, 3.05) is 0 Å². The third-order valence-corrected chi connectivity index (χ3v) is 5.74. The molecule has 0 saturated heterocycles.